The molecule has 0 amide bonds. The van der Waals surface area contributed by atoms with Gasteiger partial charge >= 0.3 is 0 Å². The molecule has 0 radical (unpaired) electrons. The Morgan fingerprint density at radius 1 is 1.25 bits per heavy atom. The molecule has 4 heteroatoms. The number of nitrogens with zero attached hydrogens (tertiary/aromatic N) is 3. The highest BCUT2D eigenvalue weighted by atomic mass is 15.3. The largest absolute Gasteiger partial charge is 0.310 e. The second-order valence-corrected chi connectivity index (χ2v) is 5.17. The minimum atomic E-state index is 0.287. The van der Waals surface area contributed by atoms with Gasteiger partial charge < -0.3 is 5.32 Å². The van der Waals surface area contributed by atoms with E-state index in [0.717, 1.165) is 25.3 Å². The van der Waals surface area contributed by atoms with Gasteiger partial charge in [-0.05, 0) is 38.4 Å². The van der Waals surface area contributed by atoms with Crippen LogP contribution < -0.4 is 5.32 Å². The molecule has 20 heavy (non-hydrogen) atoms. The number of rotatable bonds is 6. The lowest BCUT2D eigenvalue weighted by molar-refractivity contribution is 0.508. The van der Waals surface area contributed by atoms with E-state index in [4.69, 9.17) is 0 Å². The van der Waals surface area contributed by atoms with Crippen LogP contribution in [0.2, 0.25) is 0 Å². The van der Waals surface area contributed by atoms with Crippen LogP contribution in [-0.4, -0.2) is 21.3 Å². The first-order valence-corrected chi connectivity index (χ1v) is 7.32. The first kappa shape index (κ1) is 14.7. The van der Waals surface area contributed by atoms with Crippen molar-refractivity contribution >= 4 is 0 Å². The number of aromatic nitrogens is 3. The zero-order valence-corrected chi connectivity index (χ0v) is 12.8. The molecule has 2 rings (SSSR count). The van der Waals surface area contributed by atoms with Crippen molar-refractivity contribution in [2.45, 2.75) is 46.7 Å². The van der Waals surface area contributed by atoms with E-state index in [2.05, 4.69) is 61.3 Å². The molecule has 1 aromatic heterocycles. The van der Waals surface area contributed by atoms with Gasteiger partial charge in [-0.2, -0.15) is 5.10 Å². The molecule has 4 nitrogen and oxygen atoms in total. The fourth-order valence-electron chi connectivity index (χ4n) is 2.65. The summed E-state index contributed by atoms with van der Waals surface area (Å²) in [5.74, 6) is 1.04. The maximum Gasteiger partial charge on any atom is 0.138 e. The molecule has 108 valence electrons. The molecular formula is C16H24N4. The minimum Gasteiger partial charge on any atom is -0.310 e. The van der Waals surface area contributed by atoms with Gasteiger partial charge in [0.15, 0.2) is 0 Å². The van der Waals surface area contributed by atoms with E-state index in [0.29, 0.717) is 0 Å². The number of benzene rings is 1. The number of likely N-dealkylation sites (N-methyl/N-ethyl adjacent to an activating group) is 1. The Kier molecular flexibility index (Phi) is 4.90. The molecule has 1 unspecified atom stereocenters. The van der Waals surface area contributed by atoms with Gasteiger partial charge in [0, 0.05) is 19.0 Å². The summed E-state index contributed by atoms with van der Waals surface area (Å²) in [6.07, 6.45) is 2.51. The van der Waals surface area contributed by atoms with Crippen molar-refractivity contribution in [3.8, 4) is 0 Å². The molecule has 0 bridgehead atoms. The Hall–Kier alpha value is -1.68. The molecule has 0 fully saturated rings. The topological polar surface area (TPSA) is 42.7 Å². The molecule has 0 spiro atoms. The smallest absolute Gasteiger partial charge is 0.138 e. The van der Waals surface area contributed by atoms with Crippen LogP contribution in [0.4, 0.5) is 0 Å². The molecule has 0 saturated carbocycles. The molecule has 2 aromatic rings. The second kappa shape index (κ2) is 6.66. The fourth-order valence-corrected chi connectivity index (χ4v) is 2.65. The van der Waals surface area contributed by atoms with Gasteiger partial charge in [-0.1, -0.05) is 30.7 Å². The van der Waals surface area contributed by atoms with Crippen molar-refractivity contribution in [1.82, 2.24) is 20.1 Å². The number of hydrogen-bond acceptors (Lipinski definition) is 3. The molecule has 0 aliphatic carbocycles. The average Bonchev–Trinajstić information content (AvgIpc) is 2.85. The number of aryl methyl sites for hydroxylation is 3. The van der Waals surface area contributed by atoms with E-state index in [1.807, 2.05) is 4.68 Å². The van der Waals surface area contributed by atoms with Crippen LogP contribution in [-0.2, 0) is 13.0 Å². The Labute approximate surface area is 121 Å². The summed E-state index contributed by atoms with van der Waals surface area (Å²) < 4.78 is 1.97. The van der Waals surface area contributed by atoms with Crippen LogP contribution in [0.15, 0.2) is 24.5 Å². The van der Waals surface area contributed by atoms with E-state index >= 15 is 0 Å². The standard InChI is InChI=1S/C16H24N4/c1-5-17-15(10-16-18-11-19-20(16)6-2)14-8-7-12(3)9-13(14)4/h7-9,11,15,17H,5-6,10H2,1-4H3. The Bertz CT molecular complexity index is 559. The van der Waals surface area contributed by atoms with Crippen molar-refractivity contribution < 1.29 is 0 Å². The maximum atomic E-state index is 4.39. The highest BCUT2D eigenvalue weighted by molar-refractivity contribution is 5.33. The van der Waals surface area contributed by atoms with Crippen LogP contribution in [0.25, 0.3) is 0 Å². The lowest BCUT2D eigenvalue weighted by Gasteiger charge is -2.20. The van der Waals surface area contributed by atoms with E-state index in [9.17, 15) is 0 Å². The summed E-state index contributed by atoms with van der Waals surface area (Å²) in [5, 5.41) is 7.82. The minimum absolute atomic E-state index is 0.287. The summed E-state index contributed by atoms with van der Waals surface area (Å²) in [5.41, 5.74) is 3.99. The number of nitrogens with one attached hydrogen (secondary N) is 1. The van der Waals surface area contributed by atoms with Crippen molar-refractivity contribution in [3.05, 3.63) is 47.0 Å². The van der Waals surface area contributed by atoms with Gasteiger partial charge in [0.05, 0.1) is 0 Å². The predicted molar refractivity (Wildman–Crippen MR) is 81.7 cm³/mol. The molecule has 0 aliphatic rings. The molecule has 1 aromatic carbocycles. The van der Waals surface area contributed by atoms with Crippen LogP contribution in [0.5, 0.6) is 0 Å². The van der Waals surface area contributed by atoms with E-state index in [1.165, 1.54) is 16.7 Å². The third kappa shape index (κ3) is 3.25. The Balaban J connectivity index is 2.27. The summed E-state index contributed by atoms with van der Waals surface area (Å²) in [6, 6.07) is 6.93. The summed E-state index contributed by atoms with van der Waals surface area (Å²) in [4.78, 5) is 4.39. The van der Waals surface area contributed by atoms with Crippen LogP contribution in [0, 0.1) is 13.8 Å². The highest BCUT2D eigenvalue weighted by Crippen LogP contribution is 2.22. The fraction of sp³-hybridized carbons (Fsp3) is 0.500. The average molecular weight is 272 g/mol. The van der Waals surface area contributed by atoms with Gasteiger partial charge in [0.1, 0.15) is 12.2 Å². The Morgan fingerprint density at radius 2 is 2.05 bits per heavy atom. The molecule has 1 heterocycles. The molecular weight excluding hydrogens is 248 g/mol. The summed E-state index contributed by atoms with van der Waals surface area (Å²) >= 11 is 0. The van der Waals surface area contributed by atoms with Gasteiger partial charge in [0.2, 0.25) is 0 Å². The van der Waals surface area contributed by atoms with Crippen molar-refractivity contribution in [2.75, 3.05) is 6.54 Å². The first-order valence-electron chi connectivity index (χ1n) is 7.32. The lowest BCUT2D eigenvalue weighted by Crippen LogP contribution is -2.25. The normalized spacial score (nSPS) is 12.6. The monoisotopic (exact) mass is 272 g/mol. The zero-order chi connectivity index (χ0) is 14.5. The van der Waals surface area contributed by atoms with E-state index < -0.39 is 0 Å². The van der Waals surface area contributed by atoms with Gasteiger partial charge in [-0.3, -0.25) is 4.68 Å². The van der Waals surface area contributed by atoms with Crippen molar-refractivity contribution in [1.29, 1.82) is 0 Å². The maximum absolute atomic E-state index is 4.39. The molecule has 0 saturated heterocycles. The van der Waals surface area contributed by atoms with Crippen LogP contribution in [0.1, 0.15) is 42.4 Å². The molecule has 1 N–H and O–H groups in total. The van der Waals surface area contributed by atoms with Crippen molar-refractivity contribution in [3.63, 3.8) is 0 Å². The van der Waals surface area contributed by atoms with Crippen LogP contribution >= 0.6 is 0 Å². The SMILES string of the molecule is CCNC(Cc1ncnn1CC)c1ccc(C)cc1C. The zero-order valence-electron chi connectivity index (χ0n) is 12.8. The van der Waals surface area contributed by atoms with E-state index in [-0.39, 0.29) is 6.04 Å². The summed E-state index contributed by atoms with van der Waals surface area (Å²) in [6.45, 7) is 10.3. The third-order valence-electron chi connectivity index (χ3n) is 3.63. The predicted octanol–water partition coefficient (Wildman–Crippen LogP) is 2.81. The third-order valence-corrected chi connectivity index (χ3v) is 3.63. The molecule has 0 aliphatic heterocycles. The number of hydrogen-bond donors (Lipinski definition) is 1. The van der Waals surface area contributed by atoms with Crippen molar-refractivity contribution in [2.24, 2.45) is 0 Å². The van der Waals surface area contributed by atoms with Gasteiger partial charge in [0.25, 0.3) is 0 Å². The van der Waals surface area contributed by atoms with Crippen LogP contribution in [0.3, 0.4) is 0 Å². The van der Waals surface area contributed by atoms with E-state index in [1.54, 1.807) is 6.33 Å². The Morgan fingerprint density at radius 3 is 2.70 bits per heavy atom. The lowest BCUT2D eigenvalue weighted by atomic mass is 9.96. The molecule has 1 atom stereocenters. The quantitative estimate of drug-likeness (QED) is 0.879. The first-order chi connectivity index (χ1) is 9.65. The summed E-state index contributed by atoms with van der Waals surface area (Å²) in [7, 11) is 0. The van der Waals surface area contributed by atoms with Gasteiger partial charge in [-0.15, -0.1) is 0 Å². The second-order valence-electron chi connectivity index (χ2n) is 5.17. The highest BCUT2D eigenvalue weighted by Gasteiger charge is 2.16. The van der Waals surface area contributed by atoms with Gasteiger partial charge in [-0.25, -0.2) is 4.98 Å².